The molecule has 0 saturated heterocycles. The summed E-state index contributed by atoms with van der Waals surface area (Å²) in [6.07, 6.45) is 0. The normalized spacial score (nSPS) is 11.4. The van der Waals surface area contributed by atoms with E-state index in [2.05, 4.69) is 5.32 Å². The summed E-state index contributed by atoms with van der Waals surface area (Å²) in [4.78, 5) is 36.8. The number of amides is 1. The molecule has 0 radical (unpaired) electrons. The molecule has 0 unspecified atom stereocenters. The van der Waals surface area contributed by atoms with Gasteiger partial charge in [0.25, 0.3) is 11.6 Å². The van der Waals surface area contributed by atoms with Gasteiger partial charge in [0.15, 0.2) is 6.61 Å². The molecule has 2 rings (SSSR count). The number of benzene rings is 2. The standard InChI is InChI=1S/C19H21N3O5S/c1-13(28-17-10-8-16(9-11-17)22(25)26)19(24)27-12-18(23)20-14-4-6-15(7-5-14)21(2)3/h4-11,13H,12H2,1-3H3,(H,20,23)/t13-/m1/s1. The van der Waals surface area contributed by atoms with Gasteiger partial charge in [-0.25, -0.2) is 0 Å². The third kappa shape index (κ3) is 6.27. The van der Waals surface area contributed by atoms with Gasteiger partial charge < -0.3 is 15.0 Å². The molecule has 1 N–H and O–H groups in total. The Labute approximate surface area is 167 Å². The highest BCUT2D eigenvalue weighted by molar-refractivity contribution is 8.00. The average Bonchev–Trinajstić information content (AvgIpc) is 2.66. The van der Waals surface area contributed by atoms with Crippen molar-refractivity contribution < 1.29 is 19.2 Å². The zero-order chi connectivity index (χ0) is 20.7. The lowest BCUT2D eigenvalue weighted by Crippen LogP contribution is -2.24. The highest BCUT2D eigenvalue weighted by Gasteiger charge is 2.18. The van der Waals surface area contributed by atoms with Crippen molar-refractivity contribution in [3.63, 3.8) is 0 Å². The molecule has 1 atom stereocenters. The maximum absolute atomic E-state index is 12.1. The fraction of sp³-hybridized carbons (Fsp3) is 0.263. The predicted octanol–water partition coefficient (Wildman–Crippen LogP) is 3.32. The van der Waals surface area contributed by atoms with E-state index < -0.39 is 22.0 Å². The Balaban J connectivity index is 1.80. The lowest BCUT2D eigenvalue weighted by atomic mass is 10.2. The molecule has 2 aromatic carbocycles. The van der Waals surface area contributed by atoms with Gasteiger partial charge in [-0.2, -0.15) is 0 Å². The van der Waals surface area contributed by atoms with Gasteiger partial charge in [-0.3, -0.25) is 19.7 Å². The molecule has 28 heavy (non-hydrogen) atoms. The summed E-state index contributed by atoms with van der Waals surface area (Å²) in [7, 11) is 3.84. The van der Waals surface area contributed by atoms with Crippen molar-refractivity contribution in [1.29, 1.82) is 0 Å². The van der Waals surface area contributed by atoms with Crippen LogP contribution in [0.3, 0.4) is 0 Å². The van der Waals surface area contributed by atoms with Crippen molar-refractivity contribution in [2.75, 3.05) is 30.9 Å². The van der Waals surface area contributed by atoms with Crippen molar-refractivity contribution >= 4 is 40.7 Å². The maximum atomic E-state index is 12.1. The topological polar surface area (TPSA) is 102 Å². The number of nitrogens with zero attached hydrogens (tertiary/aromatic N) is 2. The second-order valence-corrected chi connectivity index (χ2v) is 7.52. The first-order chi connectivity index (χ1) is 13.3. The number of esters is 1. The summed E-state index contributed by atoms with van der Waals surface area (Å²) in [5, 5.41) is 12.8. The van der Waals surface area contributed by atoms with Gasteiger partial charge in [-0.05, 0) is 43.3 Å². The summed E-state index contributed by atoms with van der Waals surface area (Å²) < 4.78 is 5.05. The summed E-state index contributed by atoms with van der Waals surface area (Å²) in [5.41, 5.74) is 1.59. The second kappa shape index (κ2) is 9.75. The first-order valence-corrected chi connectivity index (χ1v) is 9.29. The molecular weight excluding hydrogens is 382 g/mol. The van der Waals surface area contributed by atoms with Crippen molar-refractivity contribution in [3.8, 4) is 0 Å². The van der Waals surface area contributed by atoms with Crippen LogP contribution in [0.2, 0.25) is 0 Å². The molecule has 0 spiro atoms. The molecule has 0 bridgehead atoms. The highest BCUT2D eigenvalue weighted by Crippen LogP contribution is 2.26. The molecule has 0 heterocycles. The smallest absolute Gasteiger partial charge is 0.319 e. The van der Waals surface area contributed by atoms with E-state index in [1.165, 1.54) is 23.9 Å². The number of hydrogen-bond acceptors (Lipinski definition) is 7. The van der Waals surface area contributed by atoms with Crippen LogP contribution < -0.4 is 10.2 Å². The Bertz CT molecular complexity index is 838. The number of rotatable bonds is 8. The number of nitrogens with one attached hydrogen (secondary N) is 1. The number of thioether (sulfide) groups is 1. The van der Waals surface area contributed by atoms with E-state index in [0.717, 1.165) is 5.69 Å². The highest BCUT2D eigenvalue weighted by atomic mass is 32.2. The third-order valence-electron chi connectivity index (χ3n) is 3.71. The van der Waals surface area contributed by atoms with Crippen molar-refractivity contribution in [3.05, 3.63) is 58.6 Å². The fourth-order valence-corrected chi connectivity index (χ4v) is 3.06. The Kier molecular flexibility index (Phi) is 7.39. The second-order valence-electron chi connectivity index (χ2n) is 6.11. The average molecular weight is 403 g/mol. The summed E-state index contributed by atoms with van der Waals surface area (Å²) in [6.45, 7) is 1.26. The summed E-state index contributed by atoms with van der Waals surface area (Å²) in [6, 6.07) is 13.1. The Morgan fingerprint density at radius 3 is 2.29 bits per heavy atom. The number of anilines is 2. The van der Waals surface area contributed by atoms with Crippen LogP contribution in [0, 0.1) is 10.1 Å². The molecule has 9 heteroatoms. The van der Waals surface area contributed by atoms with Crippen LogP contribution in [0.1, 0.15) is 6.92 Å². The maximum Gasteiger partial charge on any atom is 0.319 e. The van der Waals surface area contributed by atoms with Gasteiger partial charge in [0.05, 0.1) is 4.92 Å². The number of carbonyl (C=O) groups excluding carboxylic acids is 2. The fourth-order valence-electron chi connectivity index (χ4n) is 2.19. The van der Waals surface area contributed by atoms with Crippen LogP contribution in [-0.4, -0.2) is 42.8 Å². The van der Waals surface area contributed by atoms with E-state index in [1.54, 1.807) is 31.2 Å². The number of nitro benzene ring substituents is 1. The third-order valence-corrected chi connectivity index (χ3v) is 4.80. The molecule has 148 valence electrons. The minimum absolute atomic E-state index is 0.0186. The van der Waals surface area contributed by atoms with Gasteiger partial charge in [0, 0.05) is 42.5 Å². The zero-order valence-electron chi connectivity index (χ0n) is 15.7. The molecule has 0 aromatic heterocycles. The predicted molar refractivity (Wildman–Crippen MR) is 109 cm³/mol. The van der Waals surface area contributed by atoms with E-state index in [4.69, 9.17) is 4.74 Å². The van der Waals surface area contributed by atoms with Crippen molar-refractivity contribution in [2.45, 2.75) is 17.1 Å². The van der Waals surface area contributed by atoms with Crippen molar-refractivity contribution in [2.24, 2.45) is 0 Å². The number of carbonyl (C=O) groups is 2. The molecule has 1 amide bonds. The minimum Gasteiger partial charge on any atom is -0.455 e. The minimum atomic E-state index is -0.561. The monoisotopic (exact) mass is 403 g/mol. The quantitative estimate of drug-likeness (QED) is 0.312. The lowest BCUT2D eigenvalue weighted by molar-refractivity contribution is -0.384. The van der Waals surface area contributed by atoms with E-state index in [0.29, 0.717) is 10.6 Å². The van der Waals surface area contributed by atoms with Gasteiger partial charge in [0.2, 0.25) is 0 Å². The largest absolute Gasteiger partial charge is 0.455 e. The van der Waals surface area contributed by atoms with Crippen LogP contribution in [0.15, 0.2) is 53.4 Å². The molecule has 0 fully saturated rings. The molecule has 8 nitrogen and oxygen atoms in total. The molecule has 0 aliphatic carbocycles. The summed E-state index contributed by atoms with van der Waals surface area (Å²) in [5.74, 6) is -0.972. The Morgan fingerprint density at radius 1 is 1.14 bits per heavy atom. The number of nitro groups is 1. The molecule has 0 saturated carbocycles. The molecule has 0 aliphatic rings. The first-order valence-electron chi connectivity index (χ1n) is 8.41. The van der Waals surface area contributed by atoms with Crippen LogP contribution >= 0.6 is 11.8 Å². The SMILES string of the molecule is C[C@@H](Sc1ccc([N+](=O)[O-])cc1)C(=O)OCC(=O)Nc1ccc(N(C)C)cc1. The van der Waals surface area contributed by atoms with Crippen LogP contribution in [0.4, 0.5) is 17.1 Å². The Morgan fingerprint density at radius 2 is 1.75 bits per heavy atom. The van der Waals surface area contributed by atoms with E-state index >= 15 is 0 Å². The first kappa shape index (κ1) is 21.2. The van der Waals surface area contributed by atoms with Gasteiger partial charge in [0.1, 0.15) is 5.25 Å². The van der Waals surface area contributed by atoms with E-state index in [1.807, 2.05) is 31.1 Å². The van der Waals surface area contributed by atoms with Crippen LogP contribution in [-0.2, 0) is 14.3 Å². The molecule has 0 aliphatic heterocycles. The van der Waals surface area contributed by atoms with Gasteiger partial charge in [-0.15, -0.1) is 11.8 Å². The van der Waals surface area contributed by atoms with E-state index in [-0.39, 0.29) is 12.3 Å². The van der Waals surface area contributed by atoms with Crippen molar-refractivity contribution in [1.82, 2.24) is 0 Å². The Hall–Kier alpha value is -3.07. The van der Waals surface area contributed by atoms with Crippen LogP contribution in [0.5, 0.6) is 0 Å². The zero-order valence-corrected chi connectivity index (χ0v) is 16.6. The number of hydrogen-bond donors (Lipinski definition) is 1. The summed E-state index contributed by atoms with van der Waals surface area (Å²) >= 11 is 1.20. The number of non-ortho nitro benzene ring substituents is 1. The molecular formula is C19H21N3O5S. The van der Waals surface area contributed by atoms with Gasteiger partial charge in [-0.1, -0.05) is 0 Å². The van der Waals surface area contributed by atoms with Crippen LogP contribution in [0.25, 0.3) is 0 Å². The lowest BCUT2D eigenvalue weighted by Gasteiger charge is -2.13. The molecule has 2 aromatic rings. The van der Waals surface area contributed by atoms with Gasteiger partial charge >= 0.3 is 5.97 Å². The number of ether oxygens (including phenoxy) is 1. The van der Waals surface area contributed by atoms with E-state index in [9.17, 15) is 19.7 Å².